The first-order valence-corrected chi connectivity index (χ1v) is 7.62. The summed E-state index contributed by atoms with van der Waals surface area (Å²) in [5, 5.41) is 3.42. The largest absolute Gasteiger partial charge is 0.306 e. The van der Waals surface area contributed by atoms with Gasteiger partial charge in [-0.25, -0.2) is 4.39 Å². The normalized spacial score (nSPS) is 12.6. The number of hydrogen-bond donors (Lipinski definition) is 1. The molecule has 1 aromatic heterocycles. The highest BCUT2D eigenvalue weighted by Crippen LogP contribution is 2.37. The van der Waals surface area contributed by atoms with E-state index >= 15 is 0 Å². The van der Waals surface area contributed by atoms with Gasteiger partial charge in [-0.1, -0.05) is 42.3 Å². The zero-order chi connectivity index (χ0) is 13.8. The van der Waals surface area contributed by atoms with E-state index in [9.17, 15) is 4.39 Å². The molecule has 0 fully saturated rings. The molecule has 1 atom stereocenters. The number of hydrogen-bond acceptors (Lipinski definition) is 2. The molecule has 0 spiro atoms. The highest BCUT2D eigenvalue weighted by molar-refractivity contribution is 7.20. The maximum absolute atomic E-state index is 13.0. The summed E-state index contributed by atoms with van der Waals surface area (Å²) in [6, 6.07) is 8.26. The van der Waals surface area contributed by atoms with E-state index in [4.69, 9.17) is 23.2 Å². The summed E-state index contributed by atoms with van der Waals surface area (Å²) >= 11 is 13.6. The minimum atomic E-state index is -0.243. The molecule has 0 aliphatic heterocycles. The second-order valence-electron chi connectivity index (χ2n) is 4.22. The van der Waals surface area contributed by atoms with Crippen LogP contribution in [-0.4, -0.2) is 6.54 Å². The quantitative estimate of drug-likeness (QED) is 0.790. The van der Waals surface area contributed by atoms with Crippen molar-refractivity contribution in [3.63, 3.8) is 0 Å². The lowest BCUT2D eigenvalue weighted by Gasteiger charge is -2.18. The van der Waals surface area contributed by atoms with Crippen molar-refractivity contribution in [1.29, 1.82) is 0 Å². The summed E-state index contributed by atoms with van der Waals surface area (Å²) in [7, 11) is 0. The van der Waals surface area contributed by atoms with Crippen LogP contribution in [0.25, 0.3) is 0 Å². The lowest BCUT2D eigenvalue weighted by atomic mass is 10.0. The van der Waals surface area contributed by atoms with Gasteiger partial charge in [0.15, 0.2) is 0 Å². The SMILES string of the molecule is CCCNC(c1ccc(F)cc1)c1cc(Cl)sc1Cl. The lowest BCUT2D eigenvalue weighted by molar-refractivity contribution is 0.594. The molecular formula is C14H14Cl2FNS. The topological polar surface area (TPSA) is 12.0 Å². The van der Waals surface area contributed by atoms with Crippen LogP contribution in [0, 0.1) is 5.82 Å². The van der Waals surface area contributed by atoms with Crippen LogP contribution in [0.15, 0.2) is 30.3 Å². The van der Waals surface area contributed by atoms with Gasteiger partial charge in [-0.05, 0) is 36.7 Å². The minimum absolute atomic E-state index is 0.0585. The Kier molecular flexibility index (Phi) is 5.22. The first-order valence-electron chi connectivity index (χ1n) is 6.05. The average molecular weight is 318 g/mol. The summed E-state index contributed by atoms with van der Waals surface area (Å²) in [4.78, 5) is 0. The molecule has 0 bridgehead atoms. The lowest BCUT2D eigenvalue weighted by Crippen LogP contribution is -2.23. The Morgan fingerprint density at radius 1 is 1.26 bits per heavy atom. The summed E-state index contributed by atoms with van der Waals surface area (Å²) in [5.41, 5.74) is 1.92. The van der Waals surface area contributed by atoms with Crippen LogP contribution in [-0.2, 0) is 0 Å². The van der Waals surface area contributed by atoms with Gasteiger partial charge in [0.05, 0.1) is 14.7 Å². The van der Waals surface area contributed by atoms with Gasteiger partial charge in [-0.2, -0.15) is 0 Å². The van der Waals surface area contributed by atoms with E-state index in [2.05, 4.69) is 12.2 Å². The number of rotatable bonds is 5. The molecule has 0 aliphatic rings. The van der Waals surface area contributed by atoms with Crippen molar-refractivity contribution in [3.8, 4) is 0 Å². The molecule has 1 aromatic carbocycles. The zero-order valence-electron chi connectivity index (χ0n) is 10.4. The van der Waals surface area contributed by atoms with Crippen LogP contribution in [0.5, 0.6) is 0 Å². The summed E-state index contributed by atoms with van der Waals surface area (Å²) in [6.45, 7) is 2.95. The standard InChI is InChI=1S/C14H14Cl2FNS/c1-2-7-18-13(9-3-5-10(17)6-4-9)11-8-12(15)19-14(11)16/h3-6,8,13,18H,2,7H2,1H3. The van der Waals surface area contributed by atoms with Crippen molar-refractivity contribution in [3.05, 3.63) is 55.9 Å². The Balaban J connectivity index is 2.35. The van der Waals surface area contributed by atoms with Crippen molar-refractivity contribution < 1.29 is 4.39 Å². The van der Waals surface area contributed by atoms with Gasteiger partial charge in [0.2, 0.25) is 0 Å². The number of halogens is 3. The fraction of sp³-hybridized carbons (Fsp3) is 0.286. The van der Waals surface area contributed by atoms with Crippen molar-refractivity contribution in [1.82, 2.24) is 5.32 Å². The molecule has 1 heterocycles. The third kappa shape index (κ3) is 3.69. The van der Waals surface area contributed by atoms with E-state index < -0.39 is 0 Å². The van der Waals surface area contributed by atoms with Crippen LogP contribution in [0.3, 0.4) is 0 Å². The van der Waals surface area contributed by atoms with E-state index in [1.807, 2.05) is 6.07 Å². The third-order valence-electron chi connectivity index (χ3n) is 2.80. The molecule has 5 heteroatoms. The first-order chi connectivity index (χ1) is 9.11. The summed E-state index contributed by atoms with van der Waals surface area (Å²) in [6.07, 6.45) is 1.01. The molecule has 0 saturated carbocycles. The third-order valence-corrected chi connectivity index (χ3v) is 4.31. The van der Waals surface area contributed by atoms with Crippen LogP contribution < -0.4 is 5.32 Å². The first kappa shape index (κ1) is 14.8. The Hall–Kier alpha value is -0.610. The highest BCUT2D eigenvalue weighted by atomic mass is 35.5. The molecule has 1 N–H and O–H groups in total. The average Bonchev–Trinajstić information content (AvgIpc) is 2.71. The highest BCUT2D eigenvalue weighted by Gasteiger charge is 2.19. The molecule has 0 aliphatic carbocycles. The van der Waals surface area contributed by atoms with Gasteiger partial charge >= 0.3 is 0 Å². The Morgan fingerprint density at radius 3 is 2.47 bits per heavy atom. The summed E-state index contributed by atoms with van der Waals surface area (Å²) in [5.74, 6) is -0.243. The van der Waals surface area contributed by atoms with Crippen LogP contribution in [0.1, 0.15) is 30.5 Å². The second kappa shape index (κ2) is 6.71. The fourth-order valence-electron chi connectivity index (χ4n) is 1.90. The molecular weight excluding hydrogens is 304 g/mol. The van der Waals surface area contributed by atoms with Gasteiger partial charge < -0.3 is 5.32 Å². The van der Waals surface area contributed by atoms with Crippen molar-refractivity contribution >= 4 is 34.5 Å². The summed E-state index contributed by atoms with van der Waals surface area (Å²) < 4.78 is 14.3. The zero-order valence-corrected chi connectivity index (χ0v) is 12.7. The van der Waals surface area contributed by atoms with E-state index in [0.29, 0.717) is 8.67 Å². The van der Waals surface area contributed by atoms with Gasteiger partial charge in [0, 0.05) is 5.56 Å². The molecule has 2 rings (SSSR count). The number of nitrogens with one attached hydrogen (secondary N) is 1. The Bertz CT molecular complexity index is 539. The van der Waals surface area contributed by atoms with E-state index in [-0.39, 0.29) is 11.9 Å². The van der Waals surface area contributed by atoms with E-state index in [1.54, 1.807) is 12.1 Å². The molecule has 0 radical (unpaired) electrons. The van der Waals surface area contributed by atoms with Gasteiger partial charge in [0.1, 0.15) is 5.82 Å². The van der Waals surface area contributed by atoms with Crippen molar-refractivity contribution in [2.75, 3.05) is 6.54 Å². The van der Waals surface area contributed by atoms with Gasteiger partial charge in [-0.15, -0.1) is 11.3 Å². The van der Waals surface area contributed by atoms with Gasteiger partial charge in [-0.3, -0.25) is 0 Å². The van der Waals surface area contributed by atoms with Crippen LogP contribution in [0.4, 0.5) is 4.39 Å². The molecule has 0 saturated heterocycles. The minimum Gasteiger partial charge on any atom is -0.306 e. The van der Waals surface area contributed by atoms with Crippen LogP contribution >= 0.6 is 34.5 Å². The monoisotopic (exact) mass is 317 g/mol. The smallest absolute Gasteiger partial charge is 0.123 e. The molecule has 0 amide bonds. The number of benzene rings is 1. The fourth-order valence-corrected chi connectivity index (χ4v) is 3.43. The maximum Gasteiger partial charge on any atom is 0.123 e. The molecule has 1 unspecified atom stereocenters. The molecule has 1 nitrogen and oxygen atoms in total. The van der Waals surface area contributed by atoms with E-state index in [0.717, 1.165) is 24.1 Å². The Labute approximate surface area is 126 Å². The van der Waals surface area contributed by atoms with Crippen LogP contribution in [0.2, 0.25) is 8.67 Å². The second-order valence-corrected chi connectivity index (χ2v) is 6.50. The number of thiophene rings is 1. The maximum atomic E-state index is 13.0. The van der Waals surface area contributed by atoms with Crippen molar-refractivity contribution in [2.24, 2.45) is 0 Å². The van der Waals surface area contributed by atoms with Crippen molar-refractivity contribution in [2.45, 2.75) is 19.4 Å². The predicted octanol–water partition coefficient (Wildman–Crippen LogP) is 5.28. The predicted molar refractivity (Wildman–Crippen MR) is 80.9 cm³/mol. The molecule has 102 valence electrons. The van der Waals surface area contributed by atoms with E-state index in [1.165, 1.54) is 23.5 Å². The molecule has 19 heavy (non-hydrogen) atoms. The Morgan fingerprint density at radius 2 is 1.95 bits per heavy atom. The molecule has 2 aromatic rings. The van der Waals surface area contributed by atoms with Gasteiger partial charge in [0.25, 0.3) is 0 Å².